The van der Waals surface area contributed by atoms with Crippen LogP contribution in [0.5, 0.6) is 5.75 Å². The van der Waals surface area contributed by atoms with Crippen molar-refractivity contribution < 1.29 is 9.84 Å². The van der Waals surface area contributed by atoms with Crippen molar-refractivity contribution in [2.24, 2.45) is 0 Å². The van der Waals surface area contributed by atoms with Crippen LogP contribution >= 0.6 is 23.2 Å². The average molecular weight is 326 g/mol. The highest BCUT2D eigenvalue weighted by atomic mass is 35.5. The molecule has 0 radical (unpaired) electrons. The van der Waals surface area contributed by atoms with Crippen LogP contribution < -0.4 is 10.1 Å². The van der Waals surface area contributed by atoms with E-state index in [0.29, 0.717) is 28.7 Å². The molecule has 2 aromatic rings. The summed E-state index contributed by atoms with van der Waals surface area (Å²) in [6.07, 6.45) is -0.707. The summed E-state index contributed by atoms with van der Waals surface area (Å²) >= 11 is 12.0. The number of hydrogen-bond donors (Lipinski definition) is 2. The molecule has 0 spiro atoms. The highest BCUT2D eigenvalue weighted by molar-refractivity contribution is 6.33. The van der Waals surface area contributed by atoms with Crippen molar-refractivity contribution in [3.8, 4) is 5.75 Å². The Morgan fingerprint density at radius 1 is 1.19 bits per heavy atom. The van der Waals surface area contributed by atoms with E-state index in [0.717, 1.165) is 11.3 Å². The van der Waals surface area contributed by atoms with Crippen LogP contribution in [0.15, 0.2) is 42.5 Å². The highest BCUT2D eigenvalue weighted by Crippen LogP contribution is 2.26. The molecule has 0 bridgehead atoms. The third-order valence-electron chi connectivity index (χ3n) is 3.12. The van der Waals surface area contributed by atoms with Crippen molar-refractivity contribution in [1.82, 2.24) is 5.32 Å². The van der Waals surface area contributed by atoms with Gasteiger partial charge in [0.25, 0.3) is 0 Å². The van der Waals surface area contributed by atoms with Gasteiger partial charge in [-0.05, 0) is 35.9 Å². The number of rotatable bonds is 6. The molecule has 0 fully saturated rings. The normalized spacial score (nSPS) is 12.2. The van der Waals surface area contributed by atoms with Crippen LogP contribution in [0.2, 0.25) is 10.0 Å². The fourth-order valence-corrected chi connectivity index (χ4v) is 2.44. The Morgan fingerprint density at radius 2 is 2.00 bits per heavy atom. The van der Waals surface area contributed by atoms with Crippen molar-refractivity contribution in [3.63, 3.8) is 0 Å². The molecule has 0 saturated heterocycles. The van der Waals surface area contributed by atoms with Crippen molar-refractivity contribution in [2.75, 3.05) is 13.7 Å². The molecule has 1 unspecified atom stereocenters. The minimum Gasteiger partial charge on any atom is -0.497 e. The van der Waals surface area contributed by atoms with E-state index >= 15 is 0 Å². The first-order valence-corrected chi connectivity index (χ1v) is 7.32. The van der Waals surface area contributed by atoms with Gasteiger partial charge >= 0.3 is 0 Å². The molecule has 2 rings (SSSR count). The second-order valence-electron chi connectivity index (χ2n) is 4.66. The predicted octanol–water partition coefficient (Wildman–Crippen LogP) is 3.83. The molecule has 0 saturated carbocycles. The van der Waals surface area contributed by atoms with Gasteiger partial charge in [-0.3, -0.25) is 0 Å². The van der Waals surface area contributed by atoms with Gasteiger partial charge in [-0.2, -0.15) is 0 Å². The zero-order valence-corrected chi connectivity index (χ0v) is 13.2. The van der Waals surface area contributed by atoms with Gasteiger partial charge in [0.15, 0.2) is 0 Å². The zero-order chi connectivity index (χ0) is 15.2. The molecule has 0 amide bonds. The number of benzene rings is 2. The maximum Gasteiger partial charge on any atom is 0.119 e. The lowest BCUT2D eigenvalue weighted by Gasteiger charge is -2.14. The number of aliphatic hydroxyl groups is 1. The lowest BCUT2D eigenvalue weighted by molar-refractivity contribution is 0.174. The van der Waals surface area contributed by atoms with Gasteiger partial charge in [0.2, 0.25) is 0 Å². The summed E-state index contributed by atoms with van der Waals surface area (Å²) in [5.74, 6) is 0.813. The Bertz CT molecular complexity index is 605. The van der Waals surface area contributed by atoms with Crippen LogP contribution in [0.4, 0.5) is 0 Å². The summed E-state index contributed by atoms with van der Waals surface area (Å²) in [6.45, 7) is 1.02. The summed E-state index contributed by atoms with van der Waals surface area (Å²) in [5.41, 5.74) is 1.71. The molecule has 0 aliphatic carbocycles. The Labute approximate surface area is 134 Å². The zero-order valence-electron chi connectivity index (χ0n) is 11.6. The first-order chi connectivity index (χ1) is 10.1. The van der Waals surface area contributed by atoms with E-state index in [4.69, 9.17) is 27.9 Å². The molecule has 0 aromatic heterocycles. The fourth-order valence-electron chi connectivity index (χ4n) is 2.02. The summed E-state index contributed by atoms with van der Waals surface area (Å²) < 4.78 is 5.17. The van der Waals surface area contributed by atoms with Crippen LogP contribution in [-0.4, -0.2) is 18.8 Å². The van der Waals surface area contributed by atoms with E-state index < -0.39 is 6.10 Å². The second-order valence-corrected chi connectivity index (χ2v) is 5.51. The molecular formula is C16H17Cl2NO2. The standard InChI is InChI=1S/C16H17Cl2NO2/c1-21-13-4-2-3-11(7-13)9-19-10-16(20)14-8-12(17)5-6-15(14)18/h2-8,16,19-20H,9-10H2,1H3. The van der Waals surface area contributed by atoms with Gasteiger partial charge in [0, 0.05) is 28.7 Å². The fraction of sp³-hybridized carbons (Fsp3) is 0.250. The molecule has 2 aromatic carbocycles. The van der Waals surface area contributed by atoms with E-state index in [2.05, 4.69) is 5.32 Å². The van der Waals surface area contributed by atoms with E-state index in [1.807, 2.05) is 24.3 Å². The number of methoxy groups -OCH3 is 1. The summed E-state index contributed by atoms with van der Waals surface area (Å²) in [6, 6.07) is 12.8. The predicted molar refractivity (Wildman–Crippen MR) is 86.1 cm³/mol. The highest BCUT2D eigenvalue weighted by Gasteiger charge is 2.11. The van der Waals surface area contributed by atoms with Crippen LogP contribution in [0.1, 0.15) is 17.2 Å². The van der Waals surface area contributed by atoms with Crippen LogP contribution in [0.25, 0.3) is 0 Å². The number of halogens is 2. The monoisotopic (exact) mass is 325 g/mol. The van der Waals surface area contributed by atoms with Crippen molar-refractivity contribution in [2.45, 2.75) is 12.6 Å². The quantitative estimate of drug-likeness (QED) is 0.848. The Hall–Kier alpha value is -1.26. The molecule has 0 heterocycles. The minimum atomic E-state index is -0.707. The third-order valence-corrected chi connectivity index (χ3v) is 3.70. The largest absolute Gasteiger partial charge is 0.497 e. The first-order valence-electron chi connectivity index (χ1n) is 6.57. The third kappa shape index (κ3) is 4.61. The molecule has 0 aliphatic rings. The van der Waals surface area contributed by atoms with Gasteiger partial charge in [-0.15, -0.1) is 0 Å². The van der Waals surface area contributed by atoms with Gasteiger partial charge in [-0.1, -0.05) is 35.3 Å². The van der Waals surface area contributed by atoms with E-state index in [1.165, 1.54) is 0 Å². The van der Waals surface area contributed by atoms with Crippen molar-refractivity contribution in [1.29, 1.82) is 0 Å². The van der Waals surface area contributed by atoms with Gasteiger partial charge in [0.05, 0.1) is 13.2 Å². The number of hydrogen-bond acceptors (Lipinski definition) is 3. The molecule has 2 N–H and O–H groups in total. The second kappa shape index (κ2) is 7.66. The Morgan fingerprint density at radius 3 is 2.76 bits per heavy atom. The Kier molecular flexibility index (Phi) is 5.88. The topological polar surface area (TPSA) is 41.5 Å². The molecule has 3 nitrogen and oxygen atoms in total. The van der Waals surface area contributed by atoms with E-state index in [9.17, 15) is 5.11 Å². The van der Waals surface area contributed by atoms with Crippen LogP contribution in [0, 0.1) is 0 Å². The first kappa shape index (κ1) is 16.1. The van der Waals surface area contributed by atoms with E-state index in [1.54, 1.807) is 25.3 Å². The number of ether oxygens (including phenoxy) is 1. The Balaban J connectivity index is 1.92. The SMILES string of the molecule is COc1cccc(CNCC(O)c2cc(Cl)ccc2Cl)c1. The van der Waals surface area contributed by atoms with Gasteiger partial charge in [0.1, 0.15) is 5.75 Å². The molecule has 21 heavy (non-hydrogen) atoms. The summed E-state index contributed by atoms with van der Waals surface area (Å²) in [4.78, 5) is 0. The molecule has 1 atom stereocenters. The summed E-state index contributed by atoms with van der Waals surface area (Å²) in [5, 5.41) is 14.4. The van der Waals surface area contributed by atoms with Gasteiger partial charge < -0.3 is 15.2 Å². The molecule has 0 aliphatic heterocycles. The van der Waals surface area contributed by atoms with Crippen LogP contribution in [0.3, 0.4) is 0 Å². The van der Waals surface area contributed by atoms with Crippen LogP contribution in [-0.2, 0) is 6.54 Å². The number of aliphatic hydroxyl groups excluding tert-OH is 1. The molecular weight excluding hydrogens is 309 g/mol. The van der Waals surface area contributed by atoms with Crippen molar-refractivity contribution >= 4 is 23.2 Å². The molecule has 112 valence electrons. The number of nitrogens with one attached hydrogen (secondary N) is 1. The molecule has 5 heteroatoms. The average Bonchev–Trinajstić information content (AvgIpc) is 2.49. The maximum absolute atomic E-state index is 10.2. The van der Waals surface area contributed by atoms with Gasteiger partial charge in [-0.25, -0.2) is 0 Å². The smallest absolute Gasteiger partial charge is 0.119 e. The minimum absolute atomic E-state index is 0.386. The lowest BCUT2D eigenvalue weighted by atomic mass is 10.1. The van der Waals surface area contributed by atoms with Crippen molar-refractivity contribution in [3.05, 3.63) is 63.6 Å². The van der Waals surface area contributed by atoms with E-state index in [-0.39, 0.29) is 0 Å². The lowest BCUT2D eigenvalue weighted by Crippen LogP contribution is -2.21. The maximum atomic E-state index is 10.2. The summed E-state index contributed by atoms with van der Waals surface area (Å²) in [7, 11) is 1.64.